The van der Waals surface area contributed by atoms with Crippen LogP contribution in [0.25, 0.3) is 0 Å². The Morgan fingerprint density at radius 1 is 1.33 bits per heavy atom. The standard InChI is InChI=1S/C14H14O/c1-14-8-4-6-11(13(14)15)9-10-5-2-3-7-12(10)14/h2-5,7-8,11H,6,9H2,1H3/t11-,14+/m0/s1. The van der Waals surface area contributed by atoms with Gasteiger partial charge in [0.2, 0.25) is 0 Å². The van der Waals surface area contributed by atoms with Crippen molar-refractivity contribution in [2.24, 2.45) is 5.92 Å². The second kappa shape index (κ2) is 2.82. The quantitative estimate of drug-likeness (QED) is 0.586. The molecule has 0 heterocycles. The summed E-state index contributed by atoms with van der Waals surface area (Å²) in [4.78, 5) is 12.2. The normalized spacial score (nSPS) is 32.6. The lowest BCUT2D eigenvalue weighted by molar-refractivity contribution is -0.127. The van der Waals surface area contributed by atoms with Gasteiger partial charge in [0.25, 0.3) is 0 Å². The molecule has 0 aliphatic heterocycles. The van der Waals surface area contributed by atoms with Crippen molar-refractivity contribution in [1.82, 2.24) is 0 Å². The third kappa shape index (κ3) is 1.06. The molecule has 1 aromatic rings. The summed E-state index contributed by atoms with van der Waals surface area (Å²) in [6.45, 7) is 2.05. The molecule has 76 valence electrons. The summed E-state index contributed by atoms with van der Waals surface area (Å²) in [7, 11) is 0. The zero-order valence-electron chi connectivity index (χ0n) is 8.86. The SMILES string of the molecule is C[C@@]12C=CC[C@@H](Cc3ccccc31)C2=O. The van der Waals surface area contributed by atoms with Crippen LogP contribution in [-0.4, -0.2) is 5.78 Å². The van der Waals surface area contributed by atoms with E-state index in [9.17, 15) is 4.79 Å². The van der Waals surface area contributed by atoms with E-state index in [1.54, 1.807) is 0 Å². The van der Waals surface area contributed by atoms with E-state index in [0.29, 0.717) is 5.78 Å². The summed E-state index contributed by atoms with van der Waals surface area (Å²) >= 11 is 0. The van der Waals surface area contributed by atoms with Crippen LogP contribution in [-0.2, 0) is 16.6 Å². The lowest BCUT2D eigenvalue weighted by Gasteiger charge is -2.39. The molecule has 2 aliphatic rings. The van der Waals surface area contributed by atoms with Gasteiger partial charge in [-0.25, -0.2) is 0 Å². The largest absolute Gasteiger partial charge is 0.298 e. The molecular formula is C14H14O. The molecule has 2 atom stereocenters. The van der Waals surface area contributed by atoms with Crippen molar-refractivity contribution >= 4 is 5.78 Å². The number of hydrogen-bond donors (Lipinski definition) is 0. The van der Waals surface area contributed by atoms with E-state index in [1.165, 1.54) is 11.1 Å². The first-order chi connectivity index (χ1) is 7.22. The van der Waals surface area contributed by atoms with Crippen molar-refractivity contribution in [1.29, 1.82) is 0 Å². The van der Waals surface area contributed by atoms with Gasteiger partial charge in [0.15, 0.2) is 5.78 Å². The lowest BCUT2D eigenvalue weighted by Crippen LogP contribution is -2.43. The minimum Gasteiger partial charge on any atom is -0.298 e. The molecule has 2 bridgehead atoms. The number of benzene rings is 1. The molecule has 0 amide bonds. The number of allylic oxidation sites excluding steroid dienone is 2. The van der Waals surface area contributed by atoms with Gasteiger partial charge in [-0.1, -0.05) is 36.4 Å². The van der Waals surface area contributed by atoms with Gasteiger partial charge in [-0.3, -0.25) is 4.79 Å². The van der Waals surface area contributed by atoms with Crippen molar-refractivity contribution < 1.29 is 4.79 Å². The van der Waals surface area contributed by atoms with Crippen molar-refractivity contribution in [3.63, 3.8) is 0 Å². The Balaban J connectivity index is 2.28. The topological polar surface area (TPSA) is 17.1 Å². The van der Waals surface area contributed by atoms with E-state index >= 15 is 0 Å². The van der Waals surface area contributed by atoms with Crippen LogP contribution >= 0.6 is 0 Å². The highest BCUT2D eigenvalue weighted by Crippen LogP contribution is 2.42. The molecule has 1 nitrogen and oxygen atoms in total. The summed E-state index contributed by atoms with van der Waals surface area (Å²) in [5, 5.41) is 0. The van der Waals surface area contributed by atoms with Gasteiger partial charge in [0, 0.05) is 5.92 Å². The van der Waals surface area contributed by atoms with Crippen LogP contribution in [0.15, 0.2) is 36.4 Å². The van der Waals surface area contributed by atoms with E-state index in [-0.39, 0.29) is 11.3 Å². The molecule has 2 aliphatic carbocycles. The Labute approximate surface area is 89.8 Å². The van der Waals surface area contributed by atoms with Crippen LogP contribution in [0.1, 0.15) is 24.5 Å². The van der Waals surface area contributed by atoms with Crippen LogP contribution in [0, 0.1) is 5.92 Å². The Morgan fingerprint density at radius 3 is 3.00 bits per heavy atom. The summed E-state index contributed by atoms with van der Waals surface area (Å²) < 4.78 is 0. The van der Waals surface area contributed by atoms with E-state index < -0.39 is 0 Å². The molecule has 0 fully saturated rings. The smallest absolute Gasteiger partial charge is 0.150 e. The number of hydrogen-bond acceptors (Lipinski definition) is 1. The first-order valence-corrected chi connectivity index (χ1v) is 5.52. The number of ketones is 1. The van der Waals surface area contributed by atoms with Crippen LogP contribution in [0.3, 0.4) is 0 Å². The Kier molecular flexibility index (Phi) is 1.67. The molecule has 0 N–H and O–H groups in total. The molecule has 0 saturated heterocycles. The molecule has 15 heavy (non-hydrogen) atoms. The van der Waals surface area contributed by atoms with Gasteiger partial charge in [-0.2, -0.15) is 0 Å². The van der Waals surface area contributed by atoms with Gasteiger partial charge in [-0.15, -0.1) is 0 Å². The third-order valence-electron chi connectivity index (χ3n) is 3.80. The van der Waals surface area contributed by atoms with Gasteiger partial charge in [-0.05, 0) is 30.9 Å². The molecule has 1 aromatic carbocycles. The van der Waals surface area contributed by atoms with Gasteiger partial charge < -0.3 is 0 Å². The summed E-state index contributed by atoms with van der Waals surface area (Å²) in [5.41, 5.74) is 2.22. The fraction of sp³-hybridized carbons (Fsp3) is 0.357. The van der Waals surface area contributed by atoms with Crippen molar-refractivity contribution in [3.05, 3.63) is 47.5 Å². The minimum absolute atomic E-state index is 0.217. The van der Waals surface area contributed by atoms with E-state index in [4.69, 9.17) is 0 Å². The zero-order chi connectivity index (χ0) is 10.5. The number of carbonyl (C=O) groups excluding carboxylic acids is 1. The third-order valence-corrected chi connectivity index (χ3v) is 3.80. The summed E-state index contributed by atoms with van der Waals surface area (Å²) in [6.07, 6.45) is 6.10. The number of fused-ring (bicyclic) bond motifs is 4. The van der Waals surface area contributed by atoms with Gasteiger partial charge in [0.05, 0.1) is 5.41 Å². The Bertz CT molecular complexity index is 458. The van der Waals surface area contributed by atoms with Gasteiger partial charge >= 0.3 is 0 Å². The molecular weight excluding hydrogens is 184 g/mol. The number of carbonyl (C=O) groups is 1. The maximum Gasteiger partial charge on any atom is 0.150 e. The average Bonchev–Trinajstić information content (AvgIpc) is 2.23. The number of rotatable bonds is 0. The predicted octanol–water partition coefficient (Wildman–Crippen LogP) is 2.65. The van der Waals surface area contributed by atoms with Gasteiger partial charge in [0.1, 0.15) is 0 Å². The summed E-state index contributed by atoms with van der Waals surface area (Å²) in [6, 6.07) is 8.35. The zero-order valence-corrected chi connectivity index (χ0v) is 8.86. The van der Waals surface area contributed by atoms with E-state index in [0.717, 1.165) is 12.8 Å². The molecule has 0 radical (unpaired) electrons. The van der Waals surface area contributed by atoms with Crippen LogP contribution in [0.4, 0.5) is 0 Å². The molecule has 3 rings (SSSR count). The van der Waals surface area contributed by atoms with Crippen molar-refractivity contribution in [3.8, 4) is 0 Å². The van der Waals surface area contributed by atoms with E-state index in [2.05, 4.69) is 37.3 Å². The highest BCUT2D eigenvalue weighted by atomic mass is 16.1. The fourth-order valence-electron chi connectivity index (χ4n) is 2.95. The van der Waals surface area contributed by atoms with Crippen LogP contribution < -0.4 is 0 Å². The van der Waals surface area contributed by atoms with Crippen LogP contribution in [0.2, 0.25) is 0 Å². The predicted molar refractivity (Wildman–Crippen MR) is 59.8 cm³/mol. The average molecular weight is 198 g/mol. The van der Waals surface area contributed by atoms with Crippen molar-refractivity contribution in [2.75, 3.05) is 0 Å². The highest BCUT2D eigenvalue weighted by Gasteiger charge is 2.44. The first kappa shape index (κ1) is 8.90. The fourth-order valence-corrected chi connectivity index (χ4v) is 2.95. The van der Waals surface area contributed by atoms with Crippen LogP contribution in [0.5, 0.6) is 0 Å². The van der Waals surface area contributed by atoms with E-state index in [1.807, 2.05) is 6.07 Å². The maximum absolute atomic E-state index is 12.2. The lowest BCUT2D eigenvalue weighted by atomic mass is 9.63. The second-order valence-electron chi connectivity index (χ2n) is 4.76. The molecule has 0 spiro atoms. The van der Waals surface area contributed by atoms with Crippen molar-refractivity contribution in [2.45, 2.75) is 25.2 Å². The number of Topliss-reactive ketones (excluding diaryl/α,β-unsaturated/α-hetero) is 1. The maximum atomic E-state index is 12.2. The second-order valence-corrected chi connectivity index (χ2v) is 4.76. The Hall–Kier alpha value is -1.37. The molecule has 0 saturated carbocycles. The highest BCUT2D eigenvalue weighted by molar-refractivity contribution is 5.96. The minimum atomic E-state index is -0.349. The monoisotopic (exact) mass is 198 g/mol. The molecule has 0 unspecified atom stereocenters. The first-order valence-electron chi connectivity index (χ1n) is 5.52. The summed E-state index contributed by atoms with van der Waals surface area (Å²) in [5.74, 6) is 0.624. The Morgan fingerprint density at radius 2 is 2.13 bits per heavy atom. The molecule has 0 aromatic heterocycles. The molecule has 1 heteroatoms.